The summed E-state index contributed by atoms with van der Waals surface area (Å²) >= 11 is 0. The topological polar surface area (TPSA) is 29.9 Å². The Balaban J connectivity index is 1.77. The molecule has 0 spiro atoms. The fourth-order valence-corrected chi connectivity index (χ4v) is 1.62. The molecule has 1 aromatic rings. The molecule has 1 fully saturated rings. The van der Waals surface area contributed by atoms with Crippen LogP contribution in [0.25, 0.3) is 0 Å². The lowest BCUT2D eigenvalue weighted by molar-refractivity contribution is 0.350. The van der Waals surface area contributed by atoms with Gasteiger partial charge in [-0.05, 0) is 24.7 Å². The second kappa shape index (κ2) is 4.58. The van der Waals surface area contributed by atoms with Crippen LogP contribution in [-0.2, 0) is 13.1 Å². The maximum Gasteiger partial charge on any atom is 0.0949 e. The van der Waals surface area contributed by atoms with Crippen LogP contribution in [0.4, 0.5) is 0 Å². The van der Waals surface area contributed by atoms with Crippen molar-refractivity contribution >= 4 is 0 Å². The highest BCUT2D eigenvalue weighted by atomic mass is 15.1. The van der Waals surface area contributed by atoms with Crippen molar-refractivity contribution in [1.82, 2.24) is 14.9 Å². The van der Waals surface area contributed by atoms with Crippen LogP contribution in [-0.4, -0.2) is 15.6 Å². The molecule has 0 amide bonds. The van der Waals surface area contributed by atoms with Gasteiger partial charge in [-0.1, -0.05) is 20.8 Å². The number of aromatic nitrogens is 2. The van der Waals surface area contributed by atoms with E-state index in [9.17, 15) is 0 Å². The first kappa shape index (κ1) is 11.6. The Kier molecular flexibility index (Phi) is 3.33. The summed E-state index contributed by atoms with van der Waals surface area (Å²) in [7, 11) is 0. The molecule has 3 heteroatoms. The van der Waals surface area contributed by atoms with Crippen LogP contribution in [0.1, 0.15) is 45.7 Å². The lowest BCUT2D eigenvalue weighted by Gasteiger charge is -2.17. The van der Waals surface area contributed by atoms with E-state index in [1.807, 2.05) is 6.33 Å². The zero-order valence-electron chi connectivity index (χ0n) is 10.7. The summed E-state index contributed by atoms with van der Waals surface area (Å²) in [6, 6.07) is 0.764. The van der Waals surface area contributed by atoms with Gasteiger partial charge in [-0.15, -0.1) is 0 Å². The minimum atomic E-state index is 0.399. The summed E-state index contributed by atoms with van der Waals surface area (Å²) in [6.45, 7) is 8.82. The monoisotopic (exact) mass is 221 g/mol. The number of aryl methyl sites for hydroxylation is 1. The SMILES string of the molecule is CC(C)(C)CCn1cnc(CNC2CC2)c1. The fourth-order valence-electron chi connectivity index (χ4n) is 1.62. The molecule has 0 saturated heterocycles. The van der Waals surface area contributed by atoms with Crippen LogP contribution in [0.5, 0.6) is 0 Å². The number of hydrogen-bond acceptors (Lipinski definition) is 2. The van der Waals surface area contributed by atoms with Crippen molar-refractivity contribution in [2.45, 2.75) is 59.2 Å². The van der Waals surface area contributed by atoms with Gasteiger partial charge in [0.2, 0.25) is 0 Å². The van der Waals surface area contributed by atoms with E-state index in [2.05, 4.69) is 41.8 Å². The molecule has 0 unspecified atom stereocenters. The minimum Gasteiger partial charge on any atom is -0.337 e. The van der Waals surface area contributed by atoms with E-state index < -0.39 is 0 Å². The molecule has 0 aliphatic heterocycles. The van der Waals surface area contributed by atoms with Crippen molar-refractivity contribution in [1.29, 1.82) is 0 Å². The van der Waals surface area contributed by atoms with Gasteiger partial charge < -0.3 is 9.88 Å². The highest BCUT2D eigenvalue weighted by Crippen LogP contribution is 2.20. The Labute approximate surface area is 98.3 Å². The van der Waals surface area contributed by atoms with Gasteiger partial charge in [-0.3, -0.25) is 0 Å². The van der Waals surface area contributed by atoms with E-state index in [0.717, 1.165) is 19.1 Å². The van der Waals surface area contributed by atoms with E-state index in [-0.39, 0.29) is 0 Å². The predicted octanol–water partition coefficient (Wildman–Crippen LogP) is 2.57. The molecular weight excluding hydrogens is 198 g/mol. The number of nitrogens with one attached hydrogen (secondary N) is 1. The third-order valence-corrected chi connectivity index (χ3v) is 2.96. The van der Waals surface area contributed by atoms with Crippen molar-refractivity contribution < 1.29 is 0 Å². The van der Waals surface area contributed by atoms with E-state index in [1.165, 1.54) is 25.0 Å². The highest BCUT2D eigenvalue weighted by molar-refractivity contribution is 4.97. The molecule has 2 rings (SSSR count). The molecule has 1 aliphatic rings. The van der Waals surface area contributed by atoms with E-state index in [0.29, 0.717) is 5.41 Å². The molecule has 1 aromatic heterocycles. The van der Waals surface area contributed by atoms with Crippen molar-refractivity contribution in [2.24, 2.45) is 5.41 Å². The van der Waals surface area contributed by atoms with E-state index >= 15 is 0 Å². The van der Waals surface area contributed by atoms with Gasteiger partial charge >= 0.3 is 0 Å². The Bertz CT molecular complexity index is 331. The fraction of sp³-hybridized carbons (Fsp3) is 0.769. The molecule has 1 N–H and O–H groups in total. The molecule has 0 radical (unpaired) electrons. The second-order valence-corrected chi connectivity index (χ2v) is 6.07. The third-order valence-electron chi connectivity index (χ3n) is 2.96. The van der Waals surface area contributed by atoms with Crippen LogP contribution in [0, 0.1) is 5.41 Å². The molecular formula is C13H23N3. The van der Waals surface area contributed by atoms with Crippen molar-refractivity contribution in [2.75, 3.05) is 0 Å². The molecule has 16 heavy (non-hydrogen) atoms. The maximum atomic E-state index is 4.42. The first-order chi connectivity index (χ1) is 7.53. The smallest absolute Gasteiger partial charge is 0.0949 e. The summed E-state index contributed by atoms with van der Waals surface area (Å²) in [5.74, 6) is 0. The van der Waals surface area contributed by atoms with Gasteiger partial charge in [0.25, 0.3) is 0 Å². The average molecular weight is 221 g/mol. The summed E-state index contributed by atoms with van der Waals surface area (Å²) in [5, 5.41) is 3.48. The van der Waals surface area contributed by atoms with Crippen LogP contribution in [0.15, 0.2) is 12.5 Å². The van der Waals surface area contributed by atoms with Crippen LogP contribution >= 0.6 is 0 Å². The lowest BCUT2D eigenvalue weighted by Crippen LogP contribution is -2.15. The van der Waals surface area contributed by atoms with Crippen LogP contribution < -0.4 is 5.32 Å². The summed E-state index contributed by atoms with van der Waals surface area (Å²) in [4.78, 5) is 4.42. The maximum absolute atomic E-state index is 4.42. The number of rotatable bonds is 5. The zero-order chi connectivity index (χ0) is 11.6. The van der Waals surface area contributed by atoms with Crippen molar-refractivity contribution in [3.63, 3.8) is 0 Å². The van der Waals surface area contributed by atoms with Gasteiger partial charge in [0.15, 0.2) is 0 Å². The molecule has 1 saturated carbocycles. The molecule has 90 valence electrons. The summed E-state index contributed by atoms with van der Waals surface area (Å²) < 4.78 is 2.20. The largest absolute Gasteiger partial charge is 0.337 e. The lowest BCUT2D eigenvalue weighted by atomic mass is 9.92. The Morgan fingerprint density at radius 2 is 2.19 bits per heavy atom. The van der Waals surface area contributed by atoms with Gasteiger partial charge in [-0.25, -0.2) is 4.98 Å². The quantitative estimate of drug-likeness (QED) is 0.828. The second-order valence-electron chi connectivity index (χ2n) is 6.07. The predicted molar refractivity (Wildman–Crippen MR) is 66.2 cm³/mol. The average Bonchev–Trinajstić information content (AvgIpc) is 2.91. The highest BCUT2D eigenvalue weighted by Gasteiger charge is 2.20. The number of nitrogens with zero attached hydrogens (tertiary/aromatic N) is 2. The zero-order valence-corrected chi connectivity index (χ0v) is 10.7. The molecule has 0 bridgehead atoms. The first-order valence-corrected chi connectivity index (χ1v) is 6.27. The van der Waals surface area contributed by atoms with Gasteiger partial charge in [0, 0.05) is 25.3 Å². The van der Waals surface area contributed by atoms with Crippen LogP contribution in [0.2, 0.25) is 0 Å². The van der Waals surface area contributed by atoms with Gasteiger partial charge in [0.1, 0.15) is 0 Å². The summed E-state index contributed by atoms with van der Waals surface area (Å²) in [6.07, 6.45) is 7.99. The van der Waals surface area contributed by atoms with Gasteiger partial charge in [-0.2, -0.15) is 0 Å². The normalized spacial score (nSPS) is 16.7. The van der Waals surface area contributed by atoms with E-state index in [4.69, 9.17) is 0 Å². The molecule has 1 aliphatic carbocycles. The Morgan fingerprint density at radius 3 is 2.81 bits per heavy atom. The third kappa shape index (κ3) is 3.97. The molecule has 0 atom stereocenters. The van der Waals surface area contributed by atoms with Gasteiger partial charge in [0.05, 0.1) is 12.0 Å². The first-order valence-electron chi connectivity index (χ1n) is 6.27. The molecule has 3 nitrogen and oxygen atoms in total. The summed E-state index contributed by atoms with van der Waals surface area (Å²) in [5.41, 5.74) is 1.57. The Morgan fingerprint density at radius 1 is 1.44 bits per heavy atom. The standard InChI is InChI=1S/C13H23N3/c1-13(2,3)6-7-16-9-12(15-10-16)8-14-11-4-5-11/h9-11,14H,4-8H2,1-3H3. The Hall–Kier alpha value is -0.830. The number of imidazole rings is 1. The molecule has 0 aromatic carbocycles. The molecule has 1 heterocycles. The van der Waals surface area contributed by atoms with Crippen molar-refractivity contribution in [3.05, 3.63) is 18.2 Å². The van der Waals surface area contributed by atoms with Crippen molar-refractivity contribution in [3.8, 4) is 0 Å². The number of hydrogen-bond donors (Lipinski definition) is 1. The minimum absolute atomic E-state index is 0.399. The van der Waals surface area contributed by atoms with Crippen LogP contribution in [0.3, 0.4) is 0 Å². The van der Waals surface area contributed by atoms with E-state index in [1.54, 1.807) is 0 Å².